The molecule has 2 aromatic rings. The number of hydrogen-bond acceptors (Lipinski definition) is 3. The number of aromatic amines is 1. The smallest absolute Gasteiger partial charge is 0.417 e. The Bertz CT molecular complexity index is 705. The van der Waals surface area contributed by atoms with Crippen LogP contribution in [0, 0.1) is 0 Å². The average molecular weight is 351 g/mol. The fourth-order valence-electron chi connectivity index (χ4n) is 1.36. The van der Waals surface area contributed by atoms with E-state index in [2.05, 4.69) is 21.2 Å². The van der Waals surface area contributed by atoms with Gasteiger partial charge in [-0.1, -0.05) is 0 Å². The van der Waals surface area contributed by atoms with E-state index in [4.69, 9.17) is 4.42 Å². The van der Waals surface area contributed by atoms with E-state index in [1.165, 1.54) is 12.1 Å². The lowest BCUT2D eigenvalue weighted by Gasteiger charge is -2.08. The number of pyridine rings is 1. The minimum Gasteiger partial charge on any atom is -0.444 e. The van der Waals surface area contributed by atoms with E-state index in [1.54, 1.807) is 0 Å². The van der Waals surface area contributed by atoms with Gasteiger partial charge in [0.1, 0.15) is 5.69 Å². The molecule has 0 aliphatic rings. The van der Waals surface area contributed by atoms with Gasteiger partial charge in [0.2, 0.25) is 0 Å². The van der Waals surface area contributed by atoms with Crippen molar-refractivity contribution in [2.75, 3.05) is 5.32 Å². The Kier molecular flexibility index (Phi) is 3.71. The summed E-state index contributed by atoms with van der Waals surface area (Å²) in [5.74, 6) is -0.978. The van der Waals surface area contributed by atoms with Crippen LogP contribution in [0.1, 0.15) is 16.1 Å². The molecule has 20 heavy (non-hydrogen) atoms. The van der Waals surface area contributed by atoms with Crippen molar-refractivity contribution >= 4 is 27.5 Å². The normalized spacial score (nSPS) is 11.4. The second kappa shape index (κ2) is 5.16. The number of nitrogens with one attached hydrogen (secondary N) is 2. The summed E-state index contributed by atoms with van der Waals surface area (Å²) >= 11 is 2.97. The Morgan fingerprint density at radius 2 is 2.05 bits per heavy atom. The Morgan fingerprint density at radius 3 is 2.60 bits per heavy atom. The molecular formula is C11H6BrF3N2O3. The molecule has 106 valence electrons. The van der Waals surface area contributed by atoms with Crippen LogP contribution in [0.4, 0.5) is 18.9 Å². The number of carbonyl (C=O) groups excluding carboxylic acids is 1. The number of hydrogen-bond donors (Lipinski definition) is 2. The van der Waals surface area contributed by atoms with Crippen LogP contribution in [-0.2, 0) is 6.18 Å². The number of amides is 1. The van der Waals surface area contributed by atoms with Crippen LogP contribution in [-0.4, -0.2) is 10.9 Å². The van der Waals surface area contributed by atoms with Crippen LogP contribution < -0.4 is 10.9 Å². The fourth-order valence-corrected chi connectivity index (χ4v) is 1.67. The van der Waals surface area contributed by atoms with Gasteiger partial charge in [0.15, 0.2) is 10.4 Å². The summed E-state index contributed by atoms with van der Waals surface area (Å²) in [6, 6.07) is 3.29. The minimum absolute atomic E-state index is 0.145. The standard InChI is InChI=1S/C11H6BrF3N2O3/c12-8-2-1-7(20-8)10(19)17-6-3-5(11(13,14)15)4-16-9(6)18/h1-4H,(H,16,18)(H,17,19). The number of anilines is 1. The molecule has 9 heteroatoms. The summed E-state index contributed by atoms with van der Waals surface area (Å²) in [5.41, 5.74) is -2.44. The van der Waals surface area contributed by atoms with E-state index in [9.17, 15) is 22.8 Å². The van der Waals surface area contributed by atoms with Gasteiger partial charge in [-0.15, -0.1) is 0 Å². The van der Waals surface area contributed by atoms with Crippen LogP contribution in [0.2, 0.25) is 0 Å². The van der Waals surface area contributed by atoms with Gasteiger partial charge in [0.05, 0.1) is 5.56 Å². The molecule has 0 spiro atoms. The minimum atomic E-state index is -4.63. The lowest BCUT2D eigenvalue weighted by atomic mass is 10.2. The third-order valence-corrected chi connectivity index (χ3v) is 2.70. The largest absolute Gasteiger partial charge is 0.444 e. The zero-order valence-electron chi connectivity index (χ0n) is 9.55. The van der Waals surface area contributed by atoms with E-state index in [0.717, 1.165) is 0 Å². The molecule has 0 aliphatic heterocycles. The molecule has 5 nitrogen and oxygen atoms in total. The fraction of sp³-hybridized carbons (Fsp3) is 0.0909. The van der Waals surface area contributed by atoms with Crippen LogP contribution in [0.3, 0.4) is 0 Å². The maximum absolute atomic E-state index is 12.5. The number of rotatable bonds is 2. The molecule has 0 atom stereocenters. The number of aromatic nitrogens is 1. The maximum atomic E-state index is 12.5. The van der Waals surface area contributed by atoms with Gasteiger partial charge in [-0.2, -0.15) is 13.2 Å². The first kappa shape index (κ1) is 14.4. The van der Waals surface area contributed by atoms with E-state index >= 15 is 0 Å². The van der Waals surface area contributed by atoms with E-state index < -0.39 is 28.9 Å². The zero-order chi connectivity index (χ0) is 14.9. The number of furan rings is 1. The Hall–Kier alpha value is -2.03. The molecular weight excluding hydrogens is 345 g/mol. The molecule has 0 saturated heterocycles. The molecule has 2 aromatic heterocycles. The third kappa shape index (κ3) is 3.10. The molecule has 1 amide bonds. The van der Waals surface area contributed by atoms with Gasteiger partial charge in [0.25, 0.3) is 11.5 Å². The first-order valence-electron chi connectivity index (χ1n) is 5.14. The van der Waals surface area contributed by atoms with Gasteiger partial charge in [-0.05, 0) is 34.1 Å². The van der Waals surface area contributed by atoms with Crippen LogP contribution >= 0.6 is 15.9 Å². The lowest BCUT2D eigenvalue weighted by Crippen LogP contribution is -2.21. The molecule has 0 aromatic carbocycles. The summed E-state index contributed by atoms with van der Waals surface area (Å²) in [6.45, 7) is 0. The van der Waals surface area contributed by atoms with Crippen molar-refractivity contribution in [3.8, 4) is 0 Å². The molecule has 2 N–H and O–H groups in total. The van der Waals surface area contributed by atoms with Crippen LogP contribution in [0.25, 0.3) is 0 Å². The first-order chi connectivity index (χ1) is 9.27. The van der Waals surface area contributed by atoms with E-state index in [1.807, 2.05) is 4.98 Å². The summed E-state index contributed by atoms with van der Waals surface area (Å²) in [5, 5.41) is 2.06. The second-order valence-corrected chi connectivity index (χ2v) is 4.47. The van der Waals surface area contributed by atoms with Crippen molar-refractivity contribution in [1.82, 2.24) is 4.98 Å². The Labute approximate surface area is 117 Å². The highest BCUT2D eigenvalue weighted by Crippen LogP contribution is 2.29. The molecule has 2 heterocycles. The highest BCUT2D eigenvalue weighted by molar-refractivity contribution is 9.10. The molecule has 0 bridgehead atoms. The van der Waals surface area contributed by atoms with Gasteiger partial charge in [-0.25, -0.2) is 0 Å². The van der Waals surface area contributed by atoms with Crippen molar-refractivity contribution in [2.24, 2.45) is 0 Å². The van der Waals surface area contributed by atoms with Crippen molar-refractivity contribution < 1.29 is 22.4 Å². The number of H-pyrrole nitrogens is 1. The number of alkyl halides is 3. The van der Waals surface area contributed by atoms with Crippen molar-refractivity contribution in [3.05, 3.63) is 50.7 Å². The Morgan fingerprint density at radius 1 is 1.35 bits per heavy atom. The SMILES string of the molecule is O=C(Nc1cc(C(F)(F)F)c[nH]c1=O)c1ccc(Br)o1. The van der Waals surface area contributed by atoms with Crippen molar-refractivity contribution in [2.45, 2.75) is 6.18 Å². The topological polar surface area (TPSA) is 75.1 Å². The van der Waals surface area contributed by atoms with Gasteiger partial charge in [0, 0.05) is 6.20 Å². The summed E-state index contributed by atoms with van der Waals surface area (Å²) in [4.78, 5) is 25.0. The van der Waals surface area contributed by atoms with E-state index in [-0.39, 0.29) is 10.4 Å². The van der Waals surface area contributed by atoms with Crippen molar-refractivity contribution in [1.29, 1.82) is 0 Å². The average Bonchev–Trinajstić information content (AvgIpc) is 2.77. The first-order valence-corrected chi connectivity index (χ1v) is 5.93. The van der Waals surface area contributed by atoms with Crippen LogP contribution in [0.5, 0.6) is 0 Å². The molecule has 0 unspecified atom stereocenters. The number of carbonyl (C=O) groups is 1. The van der Waals surface area contributed by atoms with E-state index in [0.29, 0.717) is 12.3 Å². The molecule has 0 radical (unpaired) electrons. The molecule has 0 saturated carbocycles. The maximum Gasteiger partial charge on any atom is 0.417 e. The predicted molar refractivity (Wildman–Crippen MR) is 66.4 cm³/mol. The summed E-state index contributed by atoms with van der Waals surface area (Å²) in [6.07, 6.45) is -4.10. The van der Waals surface area contributed by atoms with Gasteiger partial charge < -0.3 is 14.7 Å². The van der Waals surface area contributed by atoms with Crippen molar-refractivity contribution in [3.63, 3.8) is 0 Å². The second-order valence-electron chi connectivity index (χ2n) is 3.69. The Balaban J connectivity index is 2.29. The highest BCUT2D eigenvalue weighted by Gasteiger charge is 2.31. The molecule has 2 rings (SSSR count). The monoisotopic (exact) mass is 350 g/mol. The van der Waals surface area contributed by atoms with Gasteiger partial charge >= 0.3 is 6.18 Å². The molecule has 0 fully saturated rings. The lowest BCUT2D eigenvalue weighted by molar-refractivity contribution is -0.137. The number of halogens is 4. The quantitative estimate of drug-likeness (QED) is 0.874. The summed E-state index contributed by atoms with van der Waals surface area (Å²) in [7, 11) is 0. The zero-order valence-corrected chi connectivity index (χ0v) is 11.1. The predicted octanol–water partition coefficient (Wildman–Crippen LogP) is 3.00. The third-order valence-electron chi connectivity index (χ3n) is 2.28. The highest BCUT2D eigenvalue weighted by atomic mass is 79.9. The van der Waals surface area contributed by atoms with Crippen LogP contribution in [0.15, 0.2) is 38.3 Å². The summed E-state index contributed by atoms with van der Waals surface area (Å²) < 4.78 is 42.7. The van der Waals surface area contributed by atoms with Gasteiger partial charge in [-0.3, -0.25) is 9.59 Å². The molecule has 0 aliphatic carbocycles.